The van der Waals surface area contributed by atoms with Crippen molar-refractivity contribution in [2.45, 2.75) is 33.1 Å². The van der Waals surface area contributed by atoms with E-state index in [4.69, 9.17) is 21.6 Å². The van der Waals surface area contributed by atoms with Gasteiger partial charge in [0.05, 0.1) is 5.52 Å². The van der Waals surface area contributed by atoms with Gasteiger partial charge in [-0.15, -0.1) is 0 Å². The molecule has 34 heavy (non-hydrogen) atoms. The van der Waals surface area contributed by atoms with E-state index in [1.807, 2.05) is 29.2 Å². The smallest absolute Gasteiger partial charge is 0.224 e. The summed E-state index contributed by atoms with van der Waals surface area (Å²) in [4.78, 5) is 29.3. The maximum absolute atomic E-state index is 13.1. The number of benzene rings is 2. The number of nitrogens with zero attached hydrogens (tertiary/aromatic N) is 5. The molecule has 0 atom stereocenters. The second-order valence-corrected chi connectivity index (χ2v) is 9.20. The molecule has 1 amide bonds. The van der Waals surface area contributed by atoms with Gasteiger partial charge < -0.3 is 14.7 Å². The van der Waals surface area contributed by atoms with Crippen molar-refractivity contribution in [2.24, 2.45) is 0 Å². The number of carbonyl (C=O) groups excluding carboxylic acids is 1. The zero-order chi connectivity index (χ0) is 23.9. The zero-order valence-electron chi connectivity index (χ0n) is 20.2. The monoisotopic (exact) mass is 479 g/mol. The van der Waals surface area contributed by atoms with Crippen molar-refractivity contribution in [3.63, 3.8) is 0 Å². The Hall–Kier alpha value is -2.70. The van der Waals surface area contributed by atoms with Crippen LogP contribution in [0.15, 0.2) is 48.5 Å². The van der Waals surface area contributed by atoms with Crippen LogP contribution in [-0.2, 0) is 17.6 Å². The van der Waals surface area contributed by atoms with E-state index in [0.717, 1.165) is 74.7 Å². The van der Waals surface area contributed by atoms with E-state index in [9.17, 15) is 4.79 Å². The highest BCUT2D eigenvalue weighted by Gasteiger charge is 2.22. The summed E-state index contributed by atoms with van der Waals surface area (Å²) >= 11 is 6.27. The summed E-state index contributed by atoms with van der Waals surface area (Å²) in [7, 11) is 0. The van der Waals surface area contributed by atoms with Gasteiger partial charge in [0.2, 0.25) is 5.91 Å². The quantitative estimate of drug-likeness (QED) is 0.454. The number of aromatic nitrogens is 2. The summed E-state index contributed by atoms with van der Waals surface area (Å²) in [6.45, 7) is 10.2. The molecule has 1 saturated heterocycles. The van der Waals surface area contributed by atoms with Crippen molar-refractivity contribution < 1.29 is 4.79 Å². The number of piperazine rings is 1. The Morgan fingerprint density at radius 1 is 1.00 bits per heavy atom. The first-order valence-electron chi connectivity index (χ1n) is 12.3. The number of anilines is 1. The lowest BCUT2D eigenvalue weighted by molar-refractivity contribution is -0.132. The van der Waals surface area contributed by atoms with Gasteiger partial charge in [-0.3, -0.25) is 4.79 Å². The van der Waals surface area contributed by atoms with Crippen LogP contribution in [0.25, 0.3) is 10.9 Å². The fourth-order valence-corrected chi connectivity index (χ4v) is 4.63. The summed E-state index contributed by atoms with van der Waals surface area (Å²) < 4.78 is 0. The average Bonchev–Trinajstić information content (AvgIpc) is 2.88. The van der Waals surface area contributed by atoms with Crippen LogP contribution < -0.4 is 4.90 Å². The molecule has 1 aromatic heterocycles. The summed E-state index contributed by atoms with van der Waals surface area (Å²) in [5.74, 6) is 1.90. The molecule has 1 aliphatic heterocycles. The Labute approximate surface area is 207 Å². The number of likely N-dealkylation sites (N-methyl/N-ethyl adjacent to an activating group) is 1. The lowest BCUT2D eigenvalue weighted by Gasteiger charge is -2.34. The Bertz CT molecular complexity index is 1100. The van der Waals surface area contributed by atoms with E-state index in [1.54, 1.807) is 0 Å². The first kappa shape index (κ1) is 24.4. The van der Waals surface area contributed by atoms with E-state index >= 15 is 0 Å². The molecule has 6 nitrogen and oxygen atoms in total. The van der Waals surface area contributed by atoms with Crippen molar-refractivity contribution in [1.82, 2.24) is 19.8 Å². The van der Waals surface area contributed by atoms with E-state index in [2.05, 4.69) is 47.9 Å². The lowest BCUT2D eigenvalue weighted by atomic mass is 10.1. The van der Waals surface area contributed by atoms with Crippen molar-refractivity contribution in [1.29, 1.82) is 0 Å². The van der Waals surface area contributed by atoms with Crippen LogP contribution in [0.2, 0.25) is 5.02 Å². The topological polar surface area (TPSA) is 52.6 Å². The second-order valence-electron chi connectivity index (χ2n) is 8.77. The van der Waals surface area contributed by atoms with Gasteiger partial charge in [-0.25, -0.2) is 9.97 Å². The summed E-state index contributed by atoms with van der Waals surface area (Å²) in [6, 6.07) is 16.2. The standard InChI is InChI=1S/C27H34ClN5O/c1-3-25-29-24-20-22(28)10-11-23(24)27(30-25)33(14-12-21-8-6-5-7-9-21)15-13-26(34)32-18-16-31(4-2)17-19-32/h5-11,20H,3-4,12-19H2,1-2H3. The first-order valence-corrected chi connectivity index (χ1v) is 12.7. The number of amides is 1. The molecule has 0 spiro atoms. The van der Waals surface area contributed by atoms with Crippen LogP contribution in [0.3, 0.4) is 0 Å². The largest absolute Gasteiger partial charge is 0.355 e. The minimum atomic E-state index is 0.220. The number of hydrogen-bond acceptors (Lipinski definition) is 5. The van der Waals surface area contributed by atoms with Gasteiger partial charge in [0.1, 0.15) is 11.6 Å². The minimum Gasteiger partial charge on any atom is -0.355 e. The van der Waals surface area contributed by atoms with Gasteiger partial charge in [-0.1, -0.05) is 55.8 Å². The van der Waals surface area contributed by atoms with E-state index in [1.165, 1.54) is 5.56 Å². The molecule has 2 heterocycles. The second kappa shape index (κ2) is 11.6. The van der Waals surface area contributed by atoms with Gasteiger partial charge >= 0.3 is 0 Å². The molecule has 3 aromatic rings. The van der Waals surface area contributed by atoms with E-state index in [0.29, 0.717) is 18.0 Å². The minimum absolute atomic E-state index is 0.220. The van der Waals surface area contributed by atoms with Crippen LogP contribution >= 0.6 is 11.6 Å². The fraction of sp³-hybridized carbons (Fsp3) is 0.444. The summed E-state index contributed by atoms with van der Waals surface area (Å²) in [6.07, 6.45) is 2.09. The molecule has 0 unspecified atom stereocenters. The van der Waals surface area contributed by atoms with Crippen LogP contribution in [0, 0.1) is 0 Å². The van der Waals surface area contributed by atoms with Crippen molar-refractivity contribution in [3.05, 3.63) is 64.9 Å². The number of fused-ring (bicyclic) bond motifs is 1. The highest BCUT2D eigenvalue weighted by atomic mass is 35.5. The number of aryl methyl sites for hydroxylation is 1. The van der Waals surface area contributed by atoms with Crippen molar-refractivity contribution >= 4 is 34.2 Å². The molecule has 0 aliphatic carbocycles. The van der Waals surface area contributed by atoms with E-state index < -0.39 is 0 Å². The van der Waals surface area contributed by atoms with Gasteiger partial charge in [-0.2, -0.15) is 0 Å². The average molecular weight is 480 g/mol. The van der Waals surface area contributed by atoms with Gasteiger partial charge in [0.25, 0.3) is 0 Å². The molecule has 0 N–H and O–H groups in total. The molecule has 0 bridgehead atoms. The van der Waals surface area contributed by atoms with Crippen LogP contribution in [0.1, 0.15) is 31.7 Å². The highest BCUT2D eigenvalue weighted by molar-refractivity contribution is 6.31. The van der Waals surface area contributed by atoms with Crippen molar-refractivity contribution in [3.8, 4) is 0 Å². The maximum atomic E-state index is 13.1. The molecule has 1 aliphatic rings. The Morgan fingerprint density at radius 2 is 1.76 bits per heavy atom. The normalized spacial score (nSPS) is 14.5. The first-order chi connectivity index (χ1) is 16.6. The highest BCUT2D eigenvalue weighted by Crippen LogP contribution is 2.27. The number of carbonyl (C=O) groups is 1. The molecular weight excluding hydrogens is 446 g/mol. The third-order valence-corrected chi connectivity index (χ3v) is 6.82. The van der Waals surface area contributed by atoms with E-state index in [-0.39, 0.29) is 5.91 Å². The van der Waals surface area contributed by atoms with Crippen LogP contribution in [-0.4, -0.2) is 71.5 Å². The van der Waals surface area contributed by atoms with Crippen molar-refractivity contribution in [2.75, 3.05) is 50.7 Å². The SMILES string of the molecule is CCc1nc(N(CCC(=O)N2CCN(CC)CC2)CCc2ccccc2)c2ccc(Cl)cc2n1. The van der Waals surface area contributed by atoms with Gasteiger partial charge in [0, 0.05) is 62.5 Å². The summed E-state index contributed by atoms with van der Waals surface area (Å²) in [5, 5.41) is 1.63. The summed E-state index contributed by atoms with van der Waals surface area (Å²) in [5.41, 5.74) is 2.12. The fourth-order valence-electron chi connectivity index (χ4n) is 4.47. The molecule has 2 aromatic carbocycles. The van der Waals surface area contributed by atoms with Gasteiger partial charge in [0.15, 0.2) is 0 Å². The lowest BCUT2D eigenvalue weighted by Crippen LogP contribution is -2.49. The Morgan fingerprint density at radius 3 is 2.47 bits per heavy atom. The number of hydrogen-bond donors (Lipinski definition) is 0. The molecule has 0 radical (unpaired) electrons. The van der Waals surface area contributed by atoms with Gasteiger partial charge in [-0.05, 0) is 36.7 Å². The predicted molar refractivity (Wildman–Crippen MR) is 140 cm³/mol. The molecule has 0 saturated carbocycles. The Kier molecular flexibility index (Phi) is 8.35. The molecule has 4 rings (SSSR count). The zero-order valence-corrected chi connectivity index (χ0v) is 21.0. The van der Waals surface area contributed by atoms with Crippen LogP contribution in [0.5, 0.6) is 0 Å². The third-order valence-electron chi connectivity index (χ3n) is 6.58. The molecular formula is C27H34ClN5O. The molecule has 7 heteroatoms. The molecule has 180 valence electrons. The molecule has 1 fully saturated rings. The third kappa shape index (κ3) is 6.05. The Balaban J connectivity index is 1.56. The number of halogens is 1. The van der Waals surface area contributed by atoms with Crippen LogP contribution in [0.4, 0.5) is 5.82 Å². The maximum Gasteiger partial charge on any atom is 0.224 e. The number of rotatable bonds is 9. The predicted octanol–water partition coefficient (Wildman–Crippen LogP) is 4.45.